The number of rotatable bonds is 8. The molecule has 0 fully saturated rings. The Hall–Kier alpha value is -2.44. The molecule has 0 spiro atoms. The quantitative estimate of drug-likeness (QED) is 0.810. The molecule has 0 saturated carbocycles. The van der Waals surface area contributed by atoms with Crippen molar-refractivity contribution in [3.63, 3.8) is 0 Å². The number of hydrogen-bond donors (Lipinski definition) is 1. The fraction of sp³-hybridized carbons (Fsp3) is 0.467. The molecule has 0 radical (unpaired) electrons. The fourth-order valence-corrected chi connectivity index (χ4v) is 1.81. The number of tetrazole rings is 1. The summed E-state index contributed by atoms with van der Waals surface area (Å²) in [7, 11) is 0. The van der Waals surface area contributed by atoms with Crippen LogP contribution in [-0.4, -0.2) is 32.7 Å². The Morgan fingerprint density at radius 2 is 2.18 bits per heavy atom. The van der Waals surface area contributed by atoms with Crippen LogP contribution in [0, 0.1) is 0 Å². The molecule has 7 heteroatoms. The van der Waals surface area contributed by atoms with Gasteiger partial charge in [0.05, 0.1) is 13.2 Å². The summed E-state index contributed by atoms with van der Waals surface area (Å²) >= 11 is 0. The molecule has 0 aliphatic heterocycles. The van der Waals surface area contributed by atoms with Gasteiger partial charge in [0.25, 0.3) is 11.9 Å². The van der Waals surface area contributed by atoms with Crippen molar-refractivity contribution in [2.24, 2.45) is 0 Å². The average Bonchev–Trinajstić information content (AvgIpc) is 2.98. The van der Waals surface area contributed by atoms with E-state index in [9.17, 15) is 4.79 Å². The number of amides is 1. The SMILES string of the molecule is CCCCn1nnc(NC(=O)c2cccc(OCCC)c2)n1. The molecule has 1 N–H and O–H groups in total. The summed E-state index contributed by atoms with van der Waals surface area (Å²) in [6.45, 7) is 5.44. The van der Waals surface area contributed by atoms with Crippen molar-refractivity contribution in [1.82, 2.24) is 20.2 Å². The first kappa shape index (κ1) is 15.9. The van der Waals surface area contributed by atoms with Crippen molar-refractivity contribution in [1.29, 1.82) is 0 Å². The molecule has 7 nitrogen and oxygen atoms in total. The van der Waals surface area contributed by atoms with Gasteiger partial charge in [0, 0.05) is 5.56 Å². The molecule has 118 valence electrons. The van der Waals surface area contributed by atoms with Gasteiger partial charge in [-0.2, -0.15) is 4.80 Å². The number of nitrogens with zero attached hydrogens (tertiary/aromatic N) is 4. The van der Waals surface area contributed by atoms with Crippen molar-refractivity contribution in [3.05, 3.63) is 29.8 Å². The van der Waals surface area contributed by atoms with Crippen molar-refractivity contribution >= 4 is 11.9 Å². The largest absolute Gasteiger partial charge is 0.494 e. The Morgan fingerprint density at radius 3 is 2.95 bits per heavy atom. The molecule has 1 heterocycles. The number of unbranched alkanes of at least 4 members (excludes halogenated alkanes) is 1. The lowest BCUT2D eigenvalue weighted by Gasteiger charge is -2.06. The third kappa shape index (κ3) is 4.54. The molecule has 2 rings (SSSR count). The molecule has 0 aliphatic rings. The third-order valence-corrected chi connectivity index (χ3v) is 2.96. The Balaban J connectivity index is 1.98. The molecule has 1 aromatic carbocycles. The van der Waals surface area contributed by atoms with E-state index in [4.69, 9.17) is 4.74 Å². The topological polar surface area (TPSA) is 81.9 Å². The van der Waals surface area contributed by atoms with Gasteiger partial charge in [-0.05, 0) is 36.3 Å². The second-order valence-electron chi connectivity index (χ2n) is 4.89. The van der Waals surface area contributed by atoms with Gasteiger partial charge in [-0.15, -0.1) is 5.10 Å². The van der Waals surface area contributed by atoms with E-state index in [2.05, 4.69) is 27.7 Å². The van der Waals surface area contributed by atoms with Crippen LogP contribution in [0.2, 0.25) is 0 Å². The summed E-state index contributed by atoms with van der Waals surface area (Å²) in [4.78, 5) is 13.7. The minimum Gasteiger partial charge on any atom is -0.494 e. The second-order valence-corrected chi connectivity index (χ2v) is 4.89. The van der Waals surface area contributed by atoms with Gasteiger partial charge in [-0.25, -0.2) is 0 Å². The van der Waals surface area contributed by atoms with Crippen LogP contribution < -0.4 is 10.1 Å². The summed E-state index contributed by atoms with van der Waals surface area (Å²) in [6.07, 6.45) is 2.94. The number of anilines is 1. The van der Waals surface area contributed by atoms with Crippen LogP contribution in [-0.2, 0) is 6.54 Å². The zero-order valence-electron chi connectivity index (χ0n) is 13.0. The van der Waals surface area contributed by atoms with Crippen LogP contribution in [0.1, 0.15) is 43.5 Å². The van der Waals surface area contributed by atoms with Gasteiger partial charge in [0.1, 0.15) is 5.75 Å². The van der Waals surface area contributed by atoms with Gasteiger partial charge >= 0.3 is 0 Å². The van der Waals surface area contributed by atoms with E-state index in [1.165, 1.54) is 4.80 Å². The van der Waals surface area contributed by atoms with Crippen LogP contribution in [0.5, 0.6) is 5.75 Å². The van der Waals surface area contributed by atoms with Crippen molar-refractivity contribution in [3.8, 4) is 5.75 Å². The van der Waals surface area contributed by atoms with Gasteiger partial charge in [0.15, 0.2) is 0 Å². The lowest BCUT2D eigenvalue weighted by molar-refractivity contribution is 0.102. The molecule has 22 heavy (non-hydrogen) atoms. The second kappa shape index (κ2) is 8.11. The monoisotopic (exact) mass is 303 g/mol. The smallest absolute Gasteiger partial charge is 0.270 e. The van der Waals surface area contributed by atoms with E-state index in [0.717, 1.165) is 19.3 Å². The van der Waals surface area contributed by atoms with Crippen LogP contribution in [0.25, 0.3) is 0 Å². The van der Waals surface area contributed by atoms with Crippen molar-refractivity contribution < 1.29 is 9.53 Å². The van der Waals surface area contributed by atoms with Crippen molar-refractivity contribution in [2.45, 2.75) is 39.7 Å². The maximum Gasteiger partial charge on any atom is 0.270 e. The summed E-state index contributed by atoms with van der Waals surface area (Å²) in [6, 6.07) is 7.03. The molecule has 0 bridgehead atoms. The summed E-state index contributed by atoms with van der Waals surface area (Å²) < 4.78 is 5.52. The van der Waals surface area contributed by atoms with E-state index in [0.29, 0.717) is 24.5 Å². The van der Waals surface area contributed by atoms with Crippen LogP contribution in [0.4, 0.5) is 5.95 Å². The highest BCUT2D eigenvalue weighted by Crippen LogP contribution is 2.14. The standard InChI is InChI=1S/C15H21N5O2/c1-3-5-9-20-18-15(17-19-20)16-14(21)12-7-6-8-13(11-12)22-10-4-2/h6-8,11H,3-5,9-10H2,1-2H3,(H,16,18,21). The lowest BCUT2D eigenvalue weighted by Crippen LogP contribution is -2.13. The number of carbonyl (C=O) groups is 1. The van der Waals surface area contributed by atoms with Gasteiger partial charge < -0.3 is 4.74 Å². The van der Waals surface area contributed by atoms with E-state index < -0.39 is 0 Å². The Bertz CT molecular complexity index is 611. The first-order chi connectivity index (χ1) is 10.7. The Morgan fingerprint density at radius 1 is 1.32 bits per heavy atom. The predicted molar refractivity (Wildman–Crippen MR) is 82.9 cm³/mol. The van der Waals surface area contributed by atoms with E-state index in [1.807, 2.05) is 13.0 Å². The van der Waals surface area contributed by atoms with Crippen LogP contribution in [0.15, 0.2) is 24.3 Å². The number of carbonyl (C=O) groups excluding carboxylic acids is 1. The van der Waals surface area contributed by atoms with E-state index in [1.54, 1.807) is 18.2 Å². The minimum absolute atomic E-state index is 0.209. The average molecular weight is 303 g/mol. The molecule has 0 aliphatic carbocycles. The number of aromatic nitrogens is 4. The normalized spacial score (nSPS) is 10.5. The predicted octanol–water partition coefficient (Wildman–Crippen LogP) is 2.51. The highest BCUT2D eigenvalue weighted by molar-refractivity contribution is 6.03. The van der Waals surface area contributed by atoms with Crippen molar-refractivity contribution in [2.75, 3.05) is 11.9 Å². The van der Waals surface area contributed by atoms with Gasteiger partial charge in [-0.1, -0.05) is 31.4 Å². The van der Waals surface area contributed by atoms with Gasteiger partial charge in [0.2, 0.25) is 0 Å². The van der Waals surface area contributed by atoms with E-state index >= 15 is 0 Å². The third-order valence-electron chi connectivity index (χ3n) is 2.96. The number of nitrogens with one attached hydrogen (secondary N) is 1. The summed E-state index contributed by atoms with van der Waals surface area (Å²) in [5.74, 6) is 0.604. The minimum atomic E-state index is -0.281. The Kier molecular flexibility index (Phi) is 5.88. The fourth-order valence-electron chi connectivity index (χ4n) is 1.81. The summed E-state index contributed by atoms with van der Waals surface area (Å²) in [5.41, 5.74) is 0.499. The maximum atomic E-state index is 12.2. The maximum absolute atomic E-state index is 12.2. The van der Waals surface area contributed by atoms with E-state index in [-0.39, 0.29) is 11.9 Å². The molecular weight excluding hydrogens is 282 g/mol. The highest BCUT2D eigenvalue weighted by atomic mass is 16.5. The first-order valence-corrected chi connectivity index (χ1v) is 7.55. The zero-order valence-corrected chi connectivity index (χ0v) is 13.0. The number of ether oxygens (including phenoxy) is 1. The molecule has 1 amide bonds. The number of aryl methyl sites for hydroxylation is 1. The molecule has 0 atom stereocenters. The highest BCUT2D eigenvalue weighted by Gasteiger charge is 2.10. The molecule has 0 saturated heterocycles. The lowest BCUT2D eigenvalue weighted by atomic mass is 10.2. The number of benzene rings is 1. The zero-order chi connectivity index (χ0) is 15.8. The summed E-state index contributed by atoms with van der Waals surface area (Å²) in [5, 5.41) is 14.5. The molecule has 1 aromatic heterocycles. The molecule has 0 unspecified atom stereocenters. The van der Waals surface area contributed by atoms with Crippen LogP contribution in [0.3, 0.4) is 0 Å². The Labute approximate surface area is 129 Å². The molecule has 2 aromatic rings. The van der Waals surface area contributed by atoms with Gasteiger partial charge in [-0.3, -0.25) is 10.1 Å². The number of hydrogen-bond acceptors (Lipinski definition) is 5. The molecular formula is C15H21N5O2. The van der Waals surface area contributed by atoms with Crippen LogP contribution >= 0.6 is 0 Å². The first-order valence-electron chi connectivity index (χ1n) is 7.55.